The van der Waals surface area contributed by atoms with E-state index in [0.717, 1.165) is 44.7 Å². The topological polar surface area (TPSA) is 39.6 Å². The first-order chi connectivity index (χ1) is 11.4. The van der Waals surface area contributed by atoms with Crippen molar-refractivity contribution in [2.75, 3.05) is 32.8 Å². The zero-order valence-corrected chi connectivity index (χ0v) is 15.9. The second-order valence-corrected chi connectivity index (χ2v) is 9.12. The van der Waals surface area contributed by atoms with E-state index in [1.54, 1.807) is 11.3 Å². The SMILES string of the molecule is CC(C)(C)CN1CCN(Cc2nc3ccccc3s2)CC1CCO. The molecule has 1 aliphatic rings. The Morgan fingerprint density at radius 1 is 1.25 bits per heavy atom. The first kappa shape index (κ1) is 17.8. The van der Waals surface area contributed by atoms with Crippen molar-refractivity contribution < 1.29 is 5.11 Å². The molecule has 24 heavy (non-hydrogen) atoms. The highest BCUT2D eigenvalue weighted by Gasteiger charge is 2.29. The van der Waals surface area contributed by atoms with Gasteiger partial charge in [-0.2, -0.15) is 0 Å². The van der Waals surface area contributed by atoms with Gasteiger partial charge in [-0.15, -0.1) is 11.3 Å². The van der Waals surface area contributed by atoms with Gasteiger partial charge in [-0.1, -0.05) is 32.9 Å². The second-order valence-electron chi connectivity index (χ2n) is 8.01. The summed E-state index contributed by atoms with van der Waals surface area (Å²) in [5.41, 5.74) is 1.40. The van der Waals surface area contributed by atoms with Crippen molar-refractivity contribution in [3.8, 4) is 0 Å². The molecule has 1 saturated heterocycles. The van der Waals surface area contributed by atoms with Crippen LogP contribution in [0, 0.1) is 5.41 Å². The Balaban J connectivity index is 1.65. The average molecular weight is 348 g/mol. The van der Waals surface area contributed by atoms with Crippen molar-refractivity contribution >= 4 is 21.6 Å². The lowest BCUT2D eigenvalue weighted by atomic mass is 9.94. The highest BCUT2D eigenvalue weighted by molar-refractivity contribution is 7.18. The fourth-order valence-electron chi connectivity index (χ4n) is 3.52. The number of benzene rings is 1. The summed E-state index contributed by atoms with van der Waals surface area (Å²) in [7, 11) is 0. The predicted molar refractivity (Wildman–Crippen MR) is 101 cm³/mol. The number of fused-ring (bicyclic) bond motifs is 1. The number of nitrogens with zero attached hydrogens (tertiary/aromatic N) is 3. The molecule has 0 amide bonds. The minimum atomic E-state index is 0.264. The van der Waals surface area contributed by atoms with E-state index in [-0.39, 0.29) is 6.61 Å². The van der Waals surface area contributed by atoms with Gasteiger partial charge in [0.1, 0.15) is 5.01 Å². The largest absolute Gasteiger partial charge is 0.396 e. The normalized spacial score (nSPS) is 20.8. The van der Waals surface area contributed by atoms with Crippen molar-refractivity contribution in [3.05, 3.63) is 29.3 Å². The number of thiazole rings is 1. The molecule has 1 atom stereocenters. The van der Waals surface area contributed by atoms with Gasteiger partial charge in [0.2, 0.25) is 0 Å². The highest BCUT2D eigenvalue weighted by Crippen LogP contribution is 2.25. The summed E-state index contributed by atoms with van der Waals surface area (Å²) < 4.78 is 1.27. The van der Waals surface area contributed by atoms with Crippen LogP contribution in [0.4, 0.5) is 0 Å². The molecular formula is C19H29N3OS. The van der Waals surface area contributed by atoms with Crippen LogP contribution in [0.15, 0.2) is 24.3 Å². The smallest absolute Gasteiger partial charge is 0.108 e. The Bertz CT molecular complexity index is 631. The van der Waals surface area contributed by atoms with Crippen LogP contribution in [0.25, 0.3) is 10.2 Å². The molecule has 1 aromatic heterocycles. The van der Waals surface area contributed by atoms with Crippen molar-refractivity contribution in [1.29, 1.82) is 0 Å². The first-order valence-corrected chi connectivity index (χ1v) is 9.68. The Hall–Kier alpha value is -1.01. The minimum Gasteiger partial charge on any atom is -0.396 e. The molecule has 5 heteroatoms. The van der Waals surface area contributed by atoms with E-state index >= 15 is 0 Å². The number of aliphatic hydroxyl groups excluding tert-OH is 1. The Morgan fingerprint density at radius 3 is 2.75 bits per heavy atom. The molecule has 132 valence electrons. The van der Waals surface area contributed by atoms with Crippen molar-refractivity contribution in [2.45, 2.75) is 39.8 Å². The molecule has 0 radical (unpaired) electrons. The molecule has 2 heterocycles. The molecule has 3 rings (SSSR count). The quantitative estimate of drug-likeness (QED) is 0.901. The summed E-state index contributed by atoms with van der Waals surface area (Å²) in [5.74, 6) is 0. The molecule has 1 unspecified atom stereocenters. The number of hydrogen-bond acceptors (Lipinski definition) is 5. The van der Waals surface area contributed by atoms with Gasteiger partial charge in [-0.25, -0.2) is 4.98 Å². The molecule has 1 aromatic carbocycles. The molecule has 0 aliphatic carbocycles. The van der Waals surface area contributed by atoms with E-state index < -0.39 is 0 Å². The van der Waals surface area contributed by atoms with Crippen molar-refractivity contribution in [2.24, 2.45) is 5.41 Å². The van der Waals surface area contributed by atoms with Crippen LogP contribution in [0.1, 0.15) is 32.2 Å². The van der Waals surface area contributed by atoms with E-state index in [1.807, 2.05) is 6.07 Å². The molecule has 1 fully saturated rings. The van der Waals surface area contributed by atoms with E-state index in [0.29, 0.717) is 11.5 Å². The fourth-order valence-corrected chi connectivity index (χ4v) is 4.53. The minimum absolute atomic E-state index is 0.264. The third-order valence-corrected chi connectivity index (χ3v) is 5.55. The molecule has 1 N–H and O–H groups in total. The van der Waals surface area contributed by atoms with Gasteiger partial charge in [-0.05, 0) is 24.0 Å². The standard InChI is InChI=1S/C19H29N3OS/c1-19(2,3)14-22-10-9-21(12-15(22)8-11-23)13-18-20-16-6-4-5-7-17(16)24-18/h4-7,15,23H,8-14H2,1-3H3. The van der Waals surface area contributed by atoms with Gasteiger partial charge in [0.25, 0.3) is 0 Å². The van der Waals surface area contributed by atoms with Gasteiger partial charge in [0, 0.05) is 38.8 Å². The molecular weight excluding hydrogens is 318 g/mol. The lowest BCUT2D eigenvalue weighted by molar-refractivity contribution is 0.0340. The number of para-hydroxylation sites is 1. The number of rotatable bonds is 5. The number of piperazine rings is 1. The van der Waals surface area contributed by atoms with Gasteiger partial charge < -0.3 is 5.11 Å². The number of aliphatic hydroxyl groups is 1. The maximum Gasteiger partial charge on any atom is 0.108 e. The summed E-state index contributed by atoms with van der Waals surface area (Å²) in [6, 6.07) is 8.80. The fraction of sp³-hybridized carbons (Fsp3) is 0.632. The van der Waals surface area contributed by atoms with Crippen LogP contribution in [0.3, 0.4) is 0 Å². The van der Waals surface area contributed by atoms with Gasteiger partial charge in [0.15, 0.2) is 0 Å². The molecule has 0 spiro atoms. The Kier molecular flexibility index (Phi) is 5.55. The van der Waals surface area contributed by atoms with Crippen molar-refractivity contribution in [1.82, 2.24) is 14.8 Å². The summed E-state index contributed by atoms with van der Waals surface area (Å²) in [5, 5.41) is 10.6. The third-order valence-electron chi connectivity index (χ3n) is 4.53. The summed E-state index contributed by atoms with van der Waals surface area (Å²) in [6.07, 6.45) is 0.854. The maximum atomic E-state index is 9.45. The van der Waals surface area contributed by atoms with Crippen LogP contribution in [0.2, 0.25) is 0 Å². The summed E-state index contributed by atoms with van der Waals surface area (Å²) >= 11 is 1.80. The Morgan fingerprint density at radius 2 is 2.04 bits per heavy atom. The van der Waals surface area contributed by atoms with Crippen LogP contribution in [-0.2, 0) is 6.54 Å². The lowest BCUT2D eigenvalue weighted by Crippen LogP contribution is -2.54. The van der Waals surface area contributed by atoms with Gasteiger partial charge in [0.05, 0.1) is 16.8 Å². The highest BCUT2D eigenvalue weighted by atomic mass is 32.1. The van der Waals surface area contributed by atoms with Crippen LogP contribution in [0.5, 0.6) is 0 Å². The second kappa shape index (κ2) is 7.48. The zero-order chi connectivity index (χ0) is 17.2. The monoisotopic (exact) mass is 347 g/mol. The van der Waals surface area contributed by atoms with E-state index in [1.165, 1.54) is 9.71 Å². The van der Waals surface area contributed by atoms with Crippen molar-refractivity contribution in [3.63, 3.8) is 0 Å². The predicted octanol–water partition coefficient (Wildman–Crippen LogP) is 3.21. The zero-order valence-electron chi connectivity index (χ0n) is 15.0. The maximum absolute atomic E-state index is 9.45. The molecule has 4 nitrogen and oxygen atoms in total. The van der Waals surface area contributed by atoms with Gasteiger partial charge >= 0.3 is 0 Å². The third kappa shape index (κ3) is 4.54. The number of aromatic nitrogens is 1. The molecule has 2 aromatic rings. The summed E-state index contributed by atoms with van der Waals surface area (Å²) in [4.78, 5) is 9.83. The lowest BCUT2D eigenvalue weighted by Gasteiger charge is -2.43. The van der Waals surface area contributed by atoms with Crippen LogP contribution < -0.4 is 0 Å². The van der Waals surface area contributed by atoms with E-state index in [2.05, 4.69) is 48.8 Å². The van der Waals surface area contributed by atoms with E-state index in [9.17, 15) is 5.11 Å². The van der Waals surface area contributed by atoms with E-state index in [4.69, 9.17) is 4.98 Å². The summed E-state index contributed by atoms with van der Waals surface area (Å²) in [6.45, 7) is 12.3. The number of hydrogen-bond donors (Lipinski definition) is 1. The molecule has 1 aliphatic heterocycles. The Labute approximate surface area is 149 Å². The van der Waals surface area contributed by atoms with Crippen LogP contribution >= 0.6 is 11.3 Å². The molecule has 0 saturated carbocycles. The average Bonchev–Trinajstić information content (AvgIpc) is 2.91. The van der Waals surface area contributed by atoms with Crippen LogP contribution in [-0.4, -0.2) is 58.7 Å². The molecule has 0 bridgehead atoms. The first-order valence-electron chi connectivity index (χ1n) is 8.86. The van der Waals surface area contributed by atoms with Gasteiger partial charge in [-0.3, -0.25) is 9.80 Å².